The number of aromatic nitrogens is 2. The Morgan fingerprint density at radius 3 is 2.52 bits per heavy atom. The standard InChI is InChI=1S/C19H16N4O6/c1-10-7-14(15(23(27)28)8-11(10)2)20-16(24)9-29-19(26)17-12-5-3-4-6-13(12)18(25)22-21-17/h3-8H,9H2,1-2H3,(H,20,24)(H,22,25). The van der Waals surface area contributed by atoms with Crippen LogP contribution in [0.2, 0.25) is 0 Å². The van der Waals surface area contributed by atoms with Crippen LogP contribution in [0, 0.1) is 24.0 Å². The van der Waals surface area contributed by atoms with E-state index in [9.17, 15) is 24.5 Å². The summed E-state index contributed by atoms with van der Waals surface area (Å²) in [4.78, 5) is 46.8. The Labute approximate surface area is 163 Å². The third-order valence-corrected chi connectivity index (χ3v) is 4.31. The highest BCUT2D eigenvalue weighted by atomic mass is 16.6. The maximum atomic E-state index is 12.3. The molecule has 0 saturated carbocycles. The van der Waals surface area contributed by atoms with Gasteiger partial charge < -0.3 is 10.1 Å². The topological polar surface area (TPSA) is 144 Å². The van der Waals surface area contributed by atoms with E-state index in [1.54, 1.807) is 26.0 Å². The van der Waals surface area contributed by atoms with Crippen LogP contribution in [0.1, 0.15) is 21.6 Å². The van der Waals surface area contributed by atoms with Gasteiger partial charge in [0.05, 0.1) is 10.3 Å². The van der Waals surface area contributed by atoms with Gasteiger partial charge in [0.15, 0.2) is 12.3 Å². The Bertz CT molecular complexity index is 1200. The third-order valence-electron chi connectivity index (χ3n) is 4.31. The molecule has 0 fully saturated rings. The highest BCUT2D eigenvalue weighted by Crippen LogP contribution is 2.27. The van der Waals surface area contributed by atoms with Crippen molar-refractivity contribution in [1.29, 1.82) is 0 Å². The van der Waals surface area contributed by atoms with E-state index in [-0.39, 0.29) is 27.8 Å². The lowest BCUT2D eigenvalue weighted by Gasteiger charge is -2.09. The van der Waals surface area contributed by atoms with Gasteiger partial charge >= 0.3 is 5.97 Å². The fraction of sp³-hybridized carbons (Fsp3) is 0.158. The molecular weight excluding hydrogens is 380 g/mol. The van der Waals surface area contributed by atoms with Crippen molar-refractivity contribution in [2.75, 3.05) is 11.9 Å². The summed E-state index contributed by atoms with van der Waals surface area (Å²) in [6, 6.07) is 9.16. The number of aryl methyl sites for hydroxylation is 2. The molecule has 10 nitrogen and oxygen atoms in total. The van der Waals surface area contributed by atoms with Crippen molar-refractivity contribution in [3.05, 3.63) is 73.7 Å². The van der Waals surface area contributed by atoms with Gasteiger partial charge in [-0.3, -0.25) is 19.7 Å². The first-order valence-corrected chi connectivity index (χ1v) is 8.48. The van der Waals surface area contributed by atoms with E-state index >= 15 is 0 Å². The average molecular weight is 396 g/mol. The number of fused-ring (bicyclic) bond motifs is 1. The summed E-state index contributed by atoms with van der Waals surface area (Å²) in [6.07, 6.45) is 0. The number of nitrogens with one attached hydrogen (secondary N) is 2. The number of aromatic amines is 1. The lowest BCUT2D eigenvalue weighted by Crippen LogP contribution is -2.23. The predicted octanol–water partition coefficient (Wildman–Crippen LogP) is 2.24. The number of nitrogens with zero attached hydrogens (tertiary/aromatic N) is 2. The van der Waals surface area contributed by atoms with Crippen molar-refractivity contribution in [2.45, 2.75) is 13.8 Å². The Morgan fingerprint density at radius 2 is 1.83 bits per heavy atom. The smallest absolute Gasteiger partial charge is 0.359 e. The van der Waals surface area contributed by atoms with Crippen molar-refractivity contribution in [1.82, 2.24) is 10.2 Å². The molecule has 0 aliphatic rings. The van der Waals surface area contributed by atoms with Gasteiger partial charge in [0.2, 0.25) is 0 Å². The van der Waals surface area contributed by atoms with E-state index in [0.717, 1.165) is 5.56 Å². The molecule has 29 heavy (non-hydrogen) atoms. The van der Waals surface area contributed by atoms with Gasteiger partial charge in [-0.05, 0) is 37.1 Å². The molecule has 148 valence electrons. The number of rotatable bonds is 5. The third kappa shape index (κ3) is 4.10. The number of anilines is 1. The van der Waals surface area contributed by atoms with Crippen LogP contribution in [0.25, 0.3) is 10.8 Å². The van der Waals surface area contributed by atoms with E-state index in [1.165, 1.54) is 24.3 Å². The van der Waals surface area contributed by atoms with Gasteiger partial charge in [-0.2, -0.15) is 5.10 Å². The molecule has 1 aromatic heterocycles. The van der Waals surface area contributed by atoms with Gasteiger partial charge in [-0.25, -0.2) is 9.89 Å². The number of hydrogen-bond acceptors (Lipinski definition) is 7. The fourth-order valence-corrected chi connectivity index (χ4v) is 2.71. The van der Waals surface area contributed by atoms with Crippen LogP contribution in [0.15, 0.2) is 41.2 Å². The molecule has 1 amide bonds. The minimum absolute atomic E-state index is 0.00626. The number of nitro benzene ring substituents is 1. The molecule has 1 heterocycles. The first-order chi connectivity index (χ1) is 13.8. The molecule has 0 aliphatic carbocycles. The monoisotopic (exact) mass is 396 g/mol. The van der Waals surface area contributed by atoms with E-state index < -0.39 is 29.0 Å². The van der Waals surface area contributed by atoms with Gasteiger partial charge in [0, 0.05) is 11.5 Å². The number of nitro groups is 1. The second-order valence-electron chi connectivity index (χ2n) is 6.28. The van der Waals surface area contributed by atoms with Crippen LogP contribution >= 0.6 is 0 Å². The summed E-state index contributed by atoms with van der Waals surface area (Å²) in [5.41, 5.74) is 0.596. The molecular formula is C19H16N4O6. The molecule has 0 atom stereocenters. The van der Waals surface area contributed by atoms with E-state index in [0.29, 0.717) is 5.56 Å². The number of esters is 1. The zero-order chi connectivity index (χ0) is 21.1. The van der Waals surface area contributed by atoms with Crippen LogP contribution in [-0.2, 0) is 9.53 Å². The number of carbonyl (C=O) groups excluding carboxylic acids is 2. The normalized spacial score (nSPS) is 10.6. The number of hydrogen-bond donors (Lipinski definition) is 2. The van der Waals surface area contributed by atoms with Crippen molar-refractivity contribution >= 4 is 34.0 Å². The molecule has 0 aliphatic heterocycles. The summed E-state index contributed by atoms with van der Waals surface area (Å²) in [6.45, 7) is 2.79. The number of H-pyrrole nitrogens is 1. The SMILES string of the molecule is Cc1cc(NC(=O)COC(=O)c2n[nH]c(=O)c3ccccc23)c([N+](=O)[O-])cc1C. The largest absolute Gasteiger partial charge is 0.451 e. The Balaban J connectivity index is 1.75. The molecule has 3 rings (SSSR count). The highest BCUT2D eigenvalue weighted by molar-refractivity contribution is 6.03. The van der Waals surface area contributed by atoms with Crippen LogP contribution in [0.5, 0.6) is 0 Å². The first kappa shape index (κ1) is 19.7. The number of ether oxygens (including phenoxy) is 1. The maximum absolute atomic E-state index is 12.3. The van der Waals surface area contributed by atoms with E-state index in [4.69, 9.17) is 4.74 Å². The van der Waals surface area contributed by atoms with Gasteiger partial charge in [0.25, 0.3) is 17.2 Å². The highest BCUT2D eigenvalue weighted by Gasteiger charge is 2.20. The maximum Gasteiger partial charge on any atom is 0.359 e. The number of carbonyl (C=O) groups is 2. The lowest BCUT2D eigenvalue weighted by atomic mass is 10.1. The predicted molar refractivity (Wildman–Crippen MR) is 104 cm³/mol. The zero-order valence-corrected chi connectivity index (χ0v) is 15.5. The quantitative estimate of drug-likeness (QED) is 0.382. The summed E-state index contributed by atoms with van der Waals surface area (Å²) in [5, 5.41) is 20.0. The summed E-state index contributed by atoms with van der Waals surface area (Å²) >= 11 is 0. The van der Waals surface area contributed by atoms with E-state index in [2.05, 4.69) is 15.5 Å². The van der Waals surface area contributed by atoms with Crippen LogP contribution in [-0.4, -0.2) is 33.6 Å². The molecule has 2 aromatic carbocycles. The zero-order valence-electron chi connectivity index (χ0n) is 15.5. The van der Waals surface area contributed by atoms with Gasteiger partial charge in [-0.1, -0.05) is 18.2 Å². The second-order valence-corrected chi connectivity index (χ2v) is 6.28. The molecule has 0 bridgehead atoms. The van der Waals surface area contributed by atoms with Crippen LogP contribution in [0.4, 0.5) is 11.4 Å². The molecule has 0 spiro atoms. The molecule has 2 N–H and O–H groups in total. The minimum Gasteiger partial charge on any atom is -0.451 e. The number of amides is 1. The van der Waals surface area contributed by atoms with Crippen LogP contribution < -0.4 is 10.9 Å². The lowest BCUT2D eigenvalue weighted by molar-refractivity contribution is -0.384. The molecule has 3 aromatic rings. The molecule has 0 saturated heterocycles. The van der Waals surface area contributed by atoms with Gasteiger partial charge in [-0.15, -0.1) is 0 Å². The average Bonchev–Trinajstić information content (AvgIpc) is 2.69. The Kier molecular flexibility index (Phi) is 5.35. The Hall–Kier alpha value is -4.08. The summed E-state index contributed by atoms with van der Waals surface area (Å²) < 4.78 is 4.96. The molecule has 10 heteroatoms. The van der Waals surface area contributed by atoms with Crippen molar-refractivity contribution in [3.63, 3.8) is 0 Å². The molecule has 0 radical (unpaired) electrons. The van der Waals surface area contributed by atoms with Crippen LogP contribution in [0.3, 0.4) is 0 Å². The van der Waals surface area contributed by atoms with Crippen molar-refractivity contribution < 1.29 is 19.2 Å². The van der Waals surface area contributed by atoms with E-state index in [1.807, 2.05) is 0 Å². The van der Waals surface area contributed by atoms with Crippen molar-refractivity contribution in [2.24, 2.45) is 0 Å². The minimum atomic E-state index is -0.915. The summed E-state index contributed by atoms with van der Waals surface area (Å²) in [5.74, 6) is -1.67. The molecule has 0 unspecified atom stereocenters. The Morgan fingerprint density at radius 1 is 1.17 bits per heavy atom. The van der Waals surface area contributed by atoms with Gasteiger partial charge in [0.1, 0.15) is 5.69 Å². The number of benzene rings is 2. The summed E-state index contributed by atoms with van der Waals surface area (Å²) in [7, 11) is 0. The fourth-order valence-electron chi connectivity index (χ4n) is 2.71. The van der Waals surface area contributed by atoms with Crippen molar-refractivity contribution in [3.8, 4) is 0 Å². The second kappa shape index (κ2) is 7.89. The first-order valence-electron chi connectivity index (χ1n) is 8.48.